The Morgan fingerprint density at radius 2 is 1.74 bits per heavy atom. The van der Waals surface area contributed by atoms with E-state index in [9.17, 15) is 35.4 Å². The van der Waals surface area contributed by atoms with Gasteiger partial charge in [-0.2, -0.15) is 0 Å². The third-order valence-corrected chi connectivity index (χ3v) is 5.40. The van der Waals surface area contributed by atoms with Gasteiger partial charge in [-0.3, -0.25) is 0 Å². The lowest BCUT2D eigenvalue weighted by atomic mass is 9.98. The Kier molecular flexibility index (Phi) is 10.2. The van der Waals surface area contributed by atoms with Crippen molar-refractivity contribution in [1.82, 2.24) is 0 Å². The summed E-state index contributed by atoms with van der Waals surface area (Å²) in [5.41, 5.74) is -1.45. The van der Waals surface area contributed by atoms with Gasteiger partial charge in [-0.25, -0.2) is 4.79 Å². The number of benzene rings is 1. The second-order valence-corrected chi connectivity index (χ2v) is 8.12. The molecular formula is C22H32O13. The Labute approximate surface area is 201 Å². The van der Waals surface area contributed by atoms with Crippen LogP contribution >= 0.6 is 0 Å². The van der Waals surface area contributed by atoms with Crippen LogP contribution in [0.15, 0.2) is 18.2 Å². The van der Waals surface area contributed by atoms with Crippen LogP contribution in [0, 0.1) is 0 Å². The minimum atomic E-state index is -1.90. The molecule has 35 heavy (non-hydrogen) atoms. The van der Waals surface area contributed by atoms with Crippen molar-refractivity contribution in [3.05, 3.63) is 23.8 Å². The first kappa shape index (κ1) is 28.7. The van der Waals surface area contributed by atoms with Crippen molar-refractivity contribution in [1.29, 1.82) is 0 Å². The highest BCUT2D eigenvalue weighted by atomic mass is 16.7. The van der Waals surface area contributed by atoms with Crippen LogP contribution in [-0.2, 0) is 19.0 Å². The highest BCUT2D eigenvalue weighted by molar-refractivity contribution is 5.87. The second-order valence-electron chi connectivity index (χ2n) is 8.12. The Morgan fingerprint density at radius 1 is 1.14 bits per heavy atom. The van der Waals surface area contributed by atoms with Crippen LogP contribution < -0.4 is 9.47 Å². The predicted molar refractivity (Wildman–Crippen MR) is 118 cm³/mol. The summed E-state index contributed by atoms with van der Waals surface area (Å²) in [6, 6.07) is 2.91. The summed E-state index contributed by atoms with van der Waals surface area (Å²) in [7, 11) is 2.70. The third kappa shape index (κ3) is 7.25. The van der Waals surface area contributed by atoms with Crippen molar-refractivity contribution >= 4 is 12.0 Å². The van der Waals surface area contributed by atoms with Gasteiger partial charge in [-0.1, -0.05) is 0 Å². The monoisotopic (exact) mass is 504 g/mol. The van der Waals surface area contributed by atoms with Gasteiger partial charge in [0.05, 0.1) is 27.4 Å². The topological polar surface area (TPSA) is 205 Å². The van der Waals surface area contributed by atoms with Gasteiger partial charge in [-0.05, 0) is 30.7 Å². The Balaban J connectivity index is 1.99. The highest BCUT2D eigenvalue weighted by Crippen LogP contribution is 2.37. The average molecular weight is 504 g/mol. The minimum absolute atomic E-state index is 0.125. The Bertz CT molecular complexity index is 846. The van der Waals surface area contributed by atoms with Crippen LogP contribution in [0.5, 0.6) is 17.2 Å². The van der Waals surface area contributed by atoms with Crippen molar-refractivity contribution in [2.75, 3.05) is 34.0 Å². The number of aliphatic hydroxyl groups is 6. The normalized spacial score (nSPS) is 27.3. The first-order chi connectivity index (χ1) is 16.4. The second kappa shape index (κ2) is 12.5. The molecule has 0 unspecified atom stereocenters. The Morgan fingerprint density at radius 3 is 2.29 bits per heavy atom. The van der Waals surface area contributed by atoms with Gasteiger partial charge in [0.15, 0.2) is 17.8 Å². The molecule has 0 bridgehead atoms. The smallest absolute Gasteiger partial charge is 0.330 e. The van der Waals surface area contributed by atoms with Gasteiger partial charge in [0.2, 0.25) is 5.75 Å². The van der Waals surface area contributed by atoms with Gasteiger partial charge in [0.25, 0.3) is 0 Å². The summed E-state index contributed by atoms with van der Waals surface area (Å²) in [6.45, 7) is -0.680. The molecule has 0 aromatic heterocycles. The van der Waals surface area contributed by atoms with Crippen LogP contribution in [0.25, 0.3) is 6.08 Å². The molecular weight excluding hydrogens is 472 g/mol. The third-order valence-electron chi connectivity index (χ3n) is 5.40. The van der Waals surface area contributed by atoms with Crippen molar-refractivity contribution in [2.24, 2.45) is 0 Å². The van der Waals surface area contributed by atoms with E-state index in [0.717, 1.165) is 6.08 Å². The van der Waals surface area contributed by atoms with Crippen LogP contribution in [-0.4, -0.2) is 118 Å². The molecule has 1 aromatic rings. The van der Waals surface area contributed by atoms with E-state index in [2.05, 4.69) is 0 Å². The summed E-state index contributed by atoms with van der Waals surface area (Å²) in [5.74, 6) is -0.790. The summed E-state index contributed by atoms with van der Waals surface area (Å²) in [5, 5.41) is 69.0. The standard InChI is InChI=1S/C22H32O13/c1-22(30,15(24)8-23)10-34-21-20(29)19(28)18(27)14(35-21)9-33-16(25)5-4-11-6-12(31-2)17(26)13(7-11)32-3/h4-7,14-15,18-21,23-24,26-30H,8-10H2,1-3H3/t14-,15+,18-,19+,20-,21+,22+/m1/s1. The number of esters is 1. The lowest BCUT2D eigenvalue weighted by molar-refractivity contribution is -0.311. The van der Waals surface area contributed by atoms with Gasteiger partial charge in [0.1, 0.15) is 42.7 Å². The first-order valence-electron chi connectivity index (χ1n) is 10.6. The van der Waals surface area contributed by atoms with Gasteiger partial charge in [-0.15, -0.1) is 0 Å². The summed E-state index contributed by atoms with van der Waals surface area (Å²) >= 11 is 0. The summed E-state index contributed by atoms with van der Waals surface area (Å²) in [6.07, 6.45) is -7.01. The number of hydrogen-bond donors (Lipinski definition) is 7. The number of phenols is 1. The van der Waals surface area contributed by atoms with Gasteiger partial charge >= 0.3 is 5.97 Å². The van der Waals surface area contributed by atoms with E-state index in [1.54, 1.807) is 0 Å². The van der Waals surface area contributed by atoms with Crippen molar-refractivity contribution in [2.45, 2.75) is 49.3 Å². The molecule has 0 radical (unpaired) electrons. The highest BCUT2D eigenvalue weighted by Gasteiger charge is 2.45. The van der Waals surface area contributed by atoms with Crippen molar-refractivity contribution < 1.29 is 64.2 Å². The number of hydrogen-bond acceptors (Lipinski definition) is 13. The number of aliphatic hydroxyl groups excluding tert-OH is 5. The number of methoxy groups -OCH3 is 2. The van der Waals surface area contributed by atoms with E-state index in [1.165, 1.54) is 39.4 Å². The molecule has 7 N–H and O–H groups in total. The molecule has 0 spiro atoms. The fourth-order valence-corrected chi connectivity index (χ4v) is 3.12. The molecule has 7 atom stereocenters. The molecule has 0 aliphatic carbocycles. The van der Waals surface area contributed by atoms with Gasteiger partial charge in [0, 0.05) is 6.08 Å². The summed E-state index contributed by atoms with van der Waals surface area (Å²) in [4.78, 5) is 12.1. The number of aromatic hydroxyl groups is 1. The van der Waals surface area contributed by atoms with E-state index in [4.69, 9.17) is 28.8 Å². The molecule has 0 amide bonds. The molecule has 1 aliphatic heterocycles. The number of carbonyl (C=O) groups excluding carboxylic acids is 1. The van der Waals surface area contributed by atoms with Crippen molar-refractivity contribution in [3.63, 3.8) is 0 Å². The minimum Gasteiger partial charge on any atom is -0.502 e. The predicted octanol–water partition coefficient (Wildman–Crippen LogP) is -2.11. The zero-order valence-electron chi connectivity index (χ0n) is 19.5. The van der Waals surface area contributed by atoms with Gasteiger partial charge < -0.3 is 59.4 Å². The fourth-order valence-electron chi connectivity index (χ4n) is 3.12. The van der Waals surface area contributed by atoms with Crippen LogP contribution in [0.2, 0.25) is 0 Å². The molecule has 1 aromatic carbocycles. The molecule has 0 saturated carbocycles. The molecule has 1 aliphatic rings. The molecule has 2 rings (SSSR count). The maximum Gasteiger partial charge on any atom is 0.330 e. The maximum atomic E-state index is 12.1. The largest absolute Gasteiger partial charge is 0.502 e. The maximum absolute atomic E-state index is 12.1. The zero-order chi connectivity index (χ0) is 26.3. The van der Waals surface area contributed by atoms with Crippen LogP contribution in [0.3, 0.4) is 0 Å². The lowest BCUT2D eigenvalue weighted by Gasteiger charge is -2.41. The molecule has 13 nitrogen and oxygen atoms in total. The fraction of sp³-hybridized carbons (Fsp3) is 0.591. The number of rotatable bonds is 11. The first-order valence-corrected chi connectivity index (χ1v) is 10.6. The van der Waals surface area contributed by atoms with Crippen LogP contribution in [0.1, 0.15) is 12.5 Å². The van der Waals surface area contributed by atoms with E-state index in [-0.39, 0.29) is 17.2 Å². The molecule has 13 heteroatoms. The number of phenolic OH excluding ortho intramolecular Hbond substituents is 1. The Hall–Kier alpha value is -2.49. The lowest BCUT2D eigenvalue weighted by Crippen LogP contribution is -2.60. The average Bonchev–Trinajstić information content (AvgIpc) is 2.84. The zero-order valence-corrected chi connectivity index (χ0v) is 19.5. The SMILES string of the molecule is COc1cc(C=CC(=O)OC[C@H]2O[C@H](OC[C@](C)(O)[C@@H](O)CO)[C@H](O)[C@@H](O)[C@@H]2O)cc(OC)c1O. The van der Waals surface area contributed by atoms with E-state index >= 15 is 0 Å². The quantitative estimate of drug-likeness (QED) is 0.127. The summed E-state index contributed by atoms with van der Waals surface area (Å²) < 4.78 is 25.7. The molecule has 1 saturated heterocycles. The van der Waals surface area contributed by atoms with Crippen molar-refractivity contribution in [3.8, 4) is 17.2 Å². The van der Waals surface area contributed by atoms with Crippen LogP contribution in [0.4, 0.5) is 0 Å². The number of carbonyl (C=O) groups is 1. The molecule has 1 heterocycles. The molecule has 198 valence electrons. The van der Waals surface area contributed by atoms with E-state index in [1.807, 2.05) is 0 Å². The van der Waals surface area contributed by atoms with E-state index < -0.39 is 68.2 Å². The molecule has 1 fully saturated rings. The van der Waals surface area contributed by atoms with E-state index in [0.29, 0.717) is 5.56 Å². The number of ether oxygens (including phenoxy) is 5.